The Morgan fingerprint density at radius 2 is 1.91 bits per heavy atom. The van der Waals surface area contributed by atoms with Crippen LogP contribution in [0.15, 0.2) is 53.4 Å². The van der Waals surface area contributed by atoms with E-state index in [0.717, 1.165) is 29.4 Å². The second kappa shape index (κ2) is 10.1. The molecule has 2 rings (SSSR count). The van der Waals surface area contributed by atoms with Gasteiger partial charge in [-0.25, -0.2) is 0 Å². The first-order valence-corrected chi connectivity index (χ1v) is 9.98. The smallest absolute Gasteiger partial charge is 0.137 e. The summed E-state index contributed by atoms with van der Waals surface area (Å²) in [6, 6.07) is 16.6. The predicted octanol–water partition coefficient (Wildman–Crippen LogP) is 6.15. The highest BCUT2D eigenvalue weighted by Crippen LogP contribution is 2.30. The molecule has 0 saturated heterocycles. The molecule has 0 aromatic heterocycles. The Kier molecular flexibility index (Phi) is 8.06. The Hall–Kier alpha value is -0.770. The molecule has 0 aliphatic rings. The van der Waals surface area contributed by atoms with Crippen molar-refractivity contribution in [3.63, 3.8) is 0 Å². The first kappa shape index (κ1) is 17.6. The molecule has 0 aliphatic heterocycles. The number of hydrogen-bond donors (Lipinski definition) is 0. The Morgan fingerprint density at radius 3 is 2.64 bits per heavy atom. The van der Waals surface area contributed by atoms with Crippen LogP contribution in [-0.2, 0) is 5.75 Å². The Balaban J connectivity index is 1.64. The van der Waals surface area contributed by atoms with Gasteiger partial charge in [0.15, 0.2) is 0 Å². The van der Waals surface area contributed by atoms with Gasteiger partial charge in [-0.2, -0.15) is 11.8 Å². The summed E-state index contributed by atoms with van der Waals surface area (Å²) in [5.41, 5.74) is 1.38. The number of halogens is 1. The standard InChI is InChI=1S/C18H21ClOS2/c1-2-22-16-9-10-18(17(19)13-16)20-11-6-12-21-14-15-7-4-3-5-8-15/h3-5,7-10,13H,2,6,11-12,14H2,1H3. The lowest BCUT2D eigenvalue weighted by Crippen LogP contribution is -1.99. The fourth-order valence-corrected chi connectivity index (χ4v) is 3.86. The molecule has 0 N–H and O–H groups in total. The summed E-state index contributed by atoms with van der Waals surface area (Å²) in [6.07, 6.45) is 1.03. The van der Waals surface area contributed by atoms with Gasteiger partial charge in [-0.1, -0.05) is 48.9 Å². The normalized spacial score (nSPS) is 10.6. The minimum atomic E-state index is 0.704. The van der Waals surface area contributed by atoms with Gasteiger partial charge in [0, 0.05) is 10.6 Å². The summed E-state index contributed by atoms with van der Waals surface area (Å²) >= 11 is 9.97. The van der Waals surface area contributed by atoms with Crippen molar-refractivity contribution < 1.29 is 4.74 Å². The van der Waals surface area contributed by atoms with Crippen molar-refractivity contribution in [2.45, 2.75) is 24.0 Å². The maximum atomic E-state index is 6.24. The topological polar surface area (TPSA) is 9.23 Å². The summed E-state index contributed by atoms with van der Waals surface area (Å²) in [5.74, 6) is 3.99. The zero-order valence-electron chi connectivity index (χ0n) is 12.8. The first-order valence-electron chi connectivity index (χ1n) is 7.46. The average molecular weight is 353 g/mol. The monoisotopic (exact) mass is 352 g/mol. The molecule has 0 amide bonds. The van der Waals surface area contributed by atoms with Crippen LogP contribution >= 0.6 is 35.1 Å². The minimum Gasteiger partial charge on any atom is -0.492 e. The van der Waals surface area contributed by atoms with Gasteiger partial charge in [0.25, 0.3) is 0 Å². The van der Waals surface area contributed by atoms with Crippen molar-refractivity contribution in [1.82, 2.24) is 0 Å². The van der Waals surface area contributed by atoms with E-state index in [1.54, 1.807) is 11.8 Å². The maximum Gasteiger partial charge on any atom is 0.137 e. The molecule has 0 saturated carbocycles. The van der Waals surface area contributed by atoms with E-state index in [2.05, 4.69) is 43.3 Å². The van der Waals surface area contributed by atoms with Crippen molar-refractivity contribution in [3.05, 3.63) is 59.1 Å². The Bertz CT molecular complexity index is 560. The highest BCUT2D eigenvalue weighted by Gasteiger charge is 2.03. The zero-order valence-corrected chi connectivity index (χ0v) is 15.1. The highest BCUT2D eigenvalue weighted by atomic mass is 35.5. The molecule has 22 heavy (non-hydrogen) atoms. The van der Waals surface area contributed by atoms with Crippen LogP contribution in [0.3, 0.4) is 0 Å². The number of hydrogen-bond acceptors (Lipinski definition) is 3. The molecule has 0 fully saturated rings. The molecule has 0 bridgehead atoms. The van der Waals surface area contributed by atoms with Gasteiger partial charge < -0.3 is 4.74 Å². The van der Waals surface area contributed by atoms with Gasteiger partial charge in [0.2, 0.25) is 0 Å². The summed E-state index contributed by atoms with van der Waals surface area (Å²) < 4.78 is 5.77. The zero-order chi connectivity index (χ0) is 15.6. The molecule has 0 atom stereocenters. The summed E-state index contributed by atoms with van der Waals surface area (Å²) in [7, 11) is 0. The summed E-state index contributed by atoms with van der Waals surface area (Å²) in [4.78, 5) is 1.19. The van der Waals surface area contributed by atoms with Gasteiger partial charge in [-0.3, -0.25) is 0 Å². The molecule has 2 aromatic rings. The van der Waals surface area contributed by atoms with E-state index in [1.807, 2.05) is 23.9 Å². The Morgan fingerprint density at radius 1 is 1.09 bits per heavy atom. The lowest BCUT2D eigenvalue weighted by molar-refractivity contribution is 0.318. The van der Waals surface area contributed by atoms with Crippen LogP contribution in [0.4, 0.5) is 0 Å². The average Bonchev–Trinajstić information content (AvgIpc) is 2.54. The molecule has 0 aliphatic carbocycles. The number of benzene rings is 2. The van der Waals surface area contributed by atoms with Crippen LogP contribution in [0.2, 0.25) is 5.02 Å². The summed E-state index contributed by atoms with van der Waals surface area (Å²) in [5, 5.41) is 0.704. The largest absolute Gasteiger partial charge is 0.492 e. The van der Waals surface area contributed by atoms with E-state index >= 15 is 0 Å². The fourth-order valence-electron chi connectivity index (χ4n) is 1.96. The highest BCUT2D eigenvalue weighted by molar-refractivity contribution is 7.99. The van der Waals surface area contributed by atoms with Crippen LogP contribution < -0.4 is 4.74 Å². The van der Waals surface area contributed by atoms with Gasteiger partial charge in [-0.05, 0) is 41.7 Å². The molecule has 0 unspecified atom stereocenters. The molecule has 2 aromatic carbocycles. The van der Waals surface area contributed by atoms with E-state index in [4.69, 9.17) is 16.3 Å². The van der Waals surface area contributed by atoms with Crippen molar-refractivity contribution in [1.29, 1.82) is 0 Å². The van der Waals surface area contributed by atoms with Crippen molar-refractivity contribution >= 4 is 35.1 Å². The van der Waals surface area contributed by atoms with Gasteiger partial charge >= 0.3 is 0 Å². The van der Waals surface area contributed by atoms with E-state index in [1.165, 1.54) is 10.5 Å². The molecule has 0 heterocycles. The summed E-state index contributed by atoms with van der Waals surface area (Å²) in [6.45, 7) is 2.85. The third kappa shape index (κ3) is 6.15. The third-order valence-corrected chi connectivity index (χ3v) is 5.30. The van der Waals surface area contributed by atoms with Gasteiger partial charge in [-0.15, -0.1) is 11.8 Å². The van der Waals surface area contributed by atoms with E-state index in [-0.39, 0.29) is 0 Å². The number of thioether (sulfide) groups is 2. The van der Waals surface area contributed by atoms with E-state index in [9.17, 15) is 0 Å². The molecule has 0 spiro atoms. The van der Waals surface area contributed by atoms with E-state index in [0.29, 0.717) is 11.6 Å². The quantitative estimate of drug-likeness (QED) is 0.395. The first-order chi connectivity index (χ1) is 10.8. The maximum absolute atomic E-state index is 6.24. The predicted molar refractivity (Wildman–Crippen MR) is 101 cm³/mol. The lowest BCUT2D eigenvalue weighted by atomic mass is 10.2. The molecule has 1 nitrogen and oxygen atoms in total. The lowest BCUT2D eigenvalue weighted by Gasteiger charge is -2.09. The van der Waals surface area contributed by atoms with Crippen LogP contribution in [0, 0.1) is 0 Å². The molecular weight excluding hydrogens is 332 g/mol. The second-order valence-electron chi connectivity index (χ2n) is 4.77. The third-order valence-electron chi connectivity index (χ3n) is 3.02. The van der Waals surface area contributed by atoms with Gasteiger partial charge in [0.05, 0.1) is 11.6 Å². The molecular formula is C18H21ClOS2. The minimum absolute atomic E-state index is 0.704. The SMILES string of the molecule is CCSc1ccc(OCCCSCc2ccccc2)c(Cl)c1. The van der Waals surface area contributed by atoms with Crippen molar-refractivity contribution in [2.75, 3.05) is 18.1 Å². The van der Waals surface area contributed by atoms with Crippen LogP contribution in [0.25, 0.3) is 0 Å². The number of ether oxygens (including phenoxy) is 1. The van der Waals surface area contributed by atoms with Crippen LogP contribution in [0.1, 0.15) is 18.9 Å². The fraction of sp³-hybridized carbons (Fsp3) is 0.333. The molecule has 118 valence electrons. The second-order valence-corrected chi connectivity index (χ2v) is 7.62. The van der Waals surface area contributed by atoms with Crippen LogP contribution in [-0.4, -0.2) is 18.1 Å². The van der Waals surface area contributed by atoms with E-state index < -0.39 is 0 Å². The van der Waals surface area contributed by atoms with Crippen LogP contribution in [0.5, 0.6) is 5.75 Å². The van der Waals surface area contributed by atoms with Crippen molar-refractivity contribution in [2.24, 2.45) is 0 Å². The number of rotatable bonds is 9. The Labute approximate surface area is 146 Å². The molecule has 4 heteroatoms. The van der Waals surface area contributed by atoms with Crippen molar-refractivity contribution in [3.8, 4) is 5.75 Å². The van der Waals surface area contributed by atoms with Gasteiger partial charge in [0.1, 0.15) is 5.75 Å². The molecule has 0 radical (unpaired) electrons.